The number of halogens is 1. The van der Waals surface area contributed by atoms with Crippen molar-refractivity contribution in [3.05, 3.63) is 84.2 Å². The van der Waals surface area contributed by atoms with Gasteiger partial charge >= 0.3 is 5.97 Å². The first kappa shape index (κ1) is 17.8. The van der Waals surface area contributed by atoms with E-state index < -0.39 is 5.97 Å². The molecule has 0 atom stereocenters. The maximum atomic E-state index is 13.4. The number of benzene rings is 3. The Labute approximate surface area is 161 Å². The number of hydrogen-bond donors (Lipinski definition) is 0. The minimum absolute atomic E-state index is 0.279. The maximum Gasteiger partial charge on any atom is 0.338 e. The standard InChI is InChI=1S/C23H17FN2O2/c1-2-28-23(27)18-8-4-3-7-17(18)22-21(15-11-13-16(24)14-12-15)25-19-9-5-6-10-20(19)26-22/h3-14H,2H2,1H3. The summed E-state index contributed by atoms with van der Waals surface area (Å²) in [6.07, 6.45) is 0. The van der Waals surface area contributed by atoms with E-state index in [1.54, 1.807) is 31.2 Å². The number of hydrogen-bond acceptors (Lipinski definition) is 4. The summed E-state index contributed by atoms with van der Waals surface area (Å²) < 4.78 is 18.6. The Morgan fingerprint density at radius 3 is 2.14 bits per heavy atom. The summed E-state index contributed by atoms with van der Waals surface area (Å²) in [6.45, 7) is 2.04. The lowest BCUT2D eigenvalue weighted by atomic mass is 9.99. The number of carbonyl (C=O) groups is 1. The lowest BCUT2D eigenvalue weighted by Crippen LogP contribution is -2.07. The van der Waals surface area contributed by atoms with Crippen LogP contribution in [0.15, 0.2) is 72.8 Å². The predicted molar refractivity (Wildman–Crippen MR) is 106 cm³/mol. The molecule has 0 aliphatic heterocycles. The Morgan fingerprint density at radius 1 is 0.857 bits per heavy atom. The highest BCUT2D eigenvalue weighted by atomic mass is 19.1. The van der Waals surface area contributed by atoms with Crippen molar-refractivity contribution in [2.24, 2.45) is 0 Å². The third-order valence-electron chi connectivity index (χ3n) is 4.37. The first-order chi connectivity index (χ1) is 13.7. The van der Waals surface area contributed by atoms with E-state index in [0.717, 1.165) is 5.52 Å². The number of fused-ring (bicyclic) bond motifs is 1. The number of para-hydroxylation sites is 2. The van der Waals surface area contributed by atoms with E-state index in [-0.39, 0.29) is 12.4 Å². The van der Waals surface area contributed by atoms with E-state index in [4.69, 9.17) is 14.7 Å². The van der Waals surface area contributed by atoms with Crippen molar-refractivity contribution in [3.63, 3.8) is 0 Å². The molecule has 0 aliphatic rings. The van der Waals surface area contributed by atoms with Gasteiger partial charge in [0.05, 0.1) is 34.6 Å². The summed E-state index contributed by atoms with van der Waals surface area (Å²) in [5.41, 5.74) is 4.31. The van der Waals surface area contributed by atoms with Gasteiger partial charge in [-0.2, -0.15) is 0 Å². The van der Waals surface area contributed by atoms with Crippen LogP contribution in [-0.2, 0) is 4.74 Å². The Hall–Kier alpha value is -3.60. The van der Waals surface area contributed by atoms with Crippen LogP contribution in [0.2, 0.25) is 0 Å². The van der Waals surface area contributed by atoms with Crippen molar-refractivity contribution in [1.29, 1.82) is 0 Å². The Balaban J connectivity index is 2.00. The topological polar surface area (TPSA) is 52.1 Å². The van der Waals surface area contributed by atoms with Crippen LogP contribution >= 0.6 is 0 Å². The molecule has 4 aromatic rings. The molecule has 0 aliphatic carbocycles. The van der Waals surface area contributed by atoms with Gasteiger partial charge in [-0.25, -0.2) is 19.2 Å². The lowest BCUT2D eigenvalue weighted by Gasteiger charge is -2.13. The minimum Gasteiger partial charge on any atom is -0.462 e. The van der Waals surface area contributed by atoms with Gasteiger partial charge in [0.25, 0.3) is 0 Å². The van der Waals surface area contributed by atoms with Crippen LogP contribution in [0.5, 0.6) is 0 Å². The summed E-state index contributed by atoms with van der Waals surface area (Å²) in [5.74, 6) is -0.746. The van der Waals surface area contributed by atoms with Gasteiger partial charge < -0.3 is 4.74 Å². The molecule has 0 bridgehead atoms. The van der Waals surface area contributed by atoms with Gasteiger partial charge in [-0.15, -0.1) is 0 Å². The minimum atomic E-state index is -0.418. The van der Waals surface area contributed by atoms with Gasteiger partial charge in [0.1, 0.15) is 5.82 Å². The van der Waals surface area contributed by atoms with E-state index in [1.807, 2.05) is 36.4 Å². The number of esters is 1. The van der Waals surface area contributed by atoms with Crippen LogP contribution < -0.4 is 0 Å². The first-order valence-corrected chi connectivity index (χ1v) is 8.96. The second-order valence-electron chi connectivity index (χ2n) is 6.18. The second kappa shape index (κ2) is 7.56. The van der Waals surface area contributed by atoms with Gasteiger partial charge in [-0.3, -0.25) is 0 Å². The molecule has 0 fully saturated rings. The zero-order chi connectivity index (χ0) is 19.5. The number of ether oxygens (including phenoxy) is 1. The Bertz CT molecular complexity index is 1160. The molecular formula is C23H17FN2O2. The maximum absolute atomic E-state index is 13.4. The first-order valence-electron chi connectivity index (χ1n) is 8.96. The smallest absolute Gasteiger partial charge is 0.338 e. The van der Waals surface area contributed by atoms with E-state index in [1.165, 1.54) is 12.1 Å². The van der Waals surface area contributed by atoms with Gasteiger partial charge in [-0.05, 0) is 49.4 Å². The van der Waals surface area contributed by atoms with Crippen molar-refractivity contribution < 1.29 is 13.9 Å². The molecule has 4 nitrogen and oxygen atoms in total. The highest BCUT2D eigenvalue weighted by Gasteiger charge is 2.19. The SMILES string of the molecule is CCOC(=O)c1ccccc1-c1nc2ccccc2nc1-c1ccc(F)cc1. The molecule has 3 aromatic carbocycles. The van der Waals surface area contributed by atoms with Crippen LogP contribution in [0.1, 0.15) is 17.3 Å². The molecule has 5 heteroatoms. The third kappa shape index (κ3) is 3.34. The van der Waals surface area contributed by atoms with Gasteiger partial charge in [0, 0.05) is 11.1 Å². The molecule has 0 N–H and O–H groups in total. The van der Waals surface area contributed by atoms with E-state index in [0.29, 0.717) is 33.6 Å². The molecular weight excluding hydrogens is 355 g/mol. The molecule has 1 aromatic heterocycles. The summed E-state index contributed by atoms with van der Waals surface area (Å²) in [6, 6.07) is 20.7. The number of nitrogens with zero attached hydrogens (tertiary/aromatic N) is 2. The van der Waals surface area contributed by atoms with Crippen molar-refractivity contribution in [2.75, 3.05) is 6.61 Å². The van der Waals surface area contributed by atoms with Crippen molar-refractivity contribution in [1.82, 2.24) is 9.97 Å². The van der Waals surface area contributed by atoms with E-state index >= 15 is 0 Å². The van der Waals surface area contributed by atoms with Crippen LogP contribution in [0.4, 0.5) is 4.39 Å². The molecule has 1 heterocycles. The normalized spacial score (nSPS) is 10.8. The molecule has 0 saturated carbocycles. The highest BCUT2D eigenvalue weighted by Crippen LogP contribution is 2.33. The van der Waals surface area contributed by atoms with E-state index in [9.17, 15) is 9.18 Å². The molecule has 28 heavy (non-hydrogen) atoms. The van der Waals surface area contributed by atoms with Crippen LogP contribution in [0, 0.1) is 5.82 Å². The third-order valence-corrected chi connectivity index (χ3v) is 4.37. The highest BCUT2D eigenvalue weighted by molar-refractivity contribution is 5.99. The van der Waals surface area contributed by atoms with E-state index in [2.05, 4.69) is 0 Å². The lowest BCUT2D eigenvalue weighted by molar-refractivity contribution is 0.0527. The quantitative estimate of drug-likeness (QED) is 0.457. The summed E-state index contributed by atoms with van der Waals surface area (Å²) in [4.78, 5) is 22.0. The Morgan fingerprint density at radius 2 is 1.46 bits per heavy atom. The van der Waals surface area contributed by atoms with Crippen LogP contribution in [-0.4, -0.2) is 22.5 Å². The van der Waals surface area contributed by atoms with Crippen molar-refractivity contribution in [2.45, 2.75) is 6.92 Å². The molecule has 0 radical (unpaired) electrons. The number of rotatable bonds is 4. The monoisotopic (exact) mass is 372 g/mol. The zero-order valence-electron chi connectivity index (χ0n) is 15.2. The van der Waals surface area contributed by atoms with Crippen LogP contribution in [0.3, 0.4) is 0 Å². The number of aromatic nitrogens is 2. The van der Waals surface area contributed by atoms with Gasteiger partial charge in [-0.1, -0.05) is 30.3 Å². The summed E-state index contributed by atoms with van der Waals surface area (Å²) in [7, 11) is 0. The van der Waals surface area contributed by atoms with Crippen LogP contribution in [0.25, 0.3) is 33.5 Å². The fourth-order valence-electron chi connectivity index (χ4n) is 3.07. The molecule has 0 unspecified atom stereocenters. The Kier molecular flexibility index (Phi) is 4.81. The molecule has 0 spiro atoms. The predicted octanol–water partition coefficient (Wildman–Crippen LogP) is 5.28. The van der Waals surface area contributed by atoms with Crippen molar-refractivity contribution >= 4 is 17.0 Å². The zero-order valence-corrected chi connectivity index (χ0v) is 15.2. The second-order valence-corrected chi connectivity index (χ2v) is 6.18. The fraction of sp³-hybridized carbons (Fsp3) is 0.0870. The average Bonchev–Trinajstić information content (AvgIpc) is 2.73. The summed E-state index contributed by atoms with van der Waals surface area (Å²) in [5, 5.41) is 0. The summed E-state index contributed by atoms with van der Waals surface area (Å²) >= 11 is 0. The average molecular weight is 372 g/mol. The largest absolute Gasteiger partial charge is 0.462 e. The molecule has 0 saturated heterocycles. The molecule has 0 amide bonds. The van der Waals surface area contributed by atoms with Gasteiger partial charge in [0.2, 0.25) is 0 Å². The fourth-order valence-corrected chi connectivity index (χ4v) is 3.07. The van der Waals surface area contributed by atoms with Crippen molar-refractivity contribution in [3.8, 4) is 22.5 Å². The molecule has 138 valence electrons. The number of carbonyl (C=O) groups excluding carboxylic acids is 1. The van der Waals surface area contributed by atoms with Gasteiger partial charge in [0.15, 0.2) is 0 Å². The molecule has 4 rings (SSSR count).